The summed E-state index contributed by atoms with van der Waals surface area (Å²) in [4.78, 5) is 2.14. The van der Waals surface area contributed by atoms with Crippen molar-refractivity contribution in [3.8, 4) is 5.75 Å². The van der Waals surface area contributed by atoms with Crippen molar-refractivity contribution in [2.24, 2.45) is 0 Å². The van der Waals surface area contributed by atoms with Crippen molar-refractivity contribution in [1.29, 1.82) is 0 Å². The molecule has 2 rings (SSSR count). The highest BCUT2D eigenvalue weighted by Gasteiger charge is 2.31. The summed E-state index contributed by atoms with van der Waals surface area (Å²) in [5.41, 5.74) is 0.883. The molecule has 9 heteroatoms. The van der Waals surface area contributed by atoms with Crippen LogP contribution in [-0.2, 0) is 16.6 Å². The maximum Gasteiger partial charge on any atom is 0.573 e. The van der Waals surface area contributed by atoms with Gasteiger partial charge < -0.3 is 4.74 Å². The van der Waals surface area contributed by atoms with Crippen molar-refractivity contribution in [2.45, 2.75) is 31.8 Å². The molecule has 0 unspecified atom stereocenters. The molecule has 1 saturated heterocycles. The van der Waals surface area contributed by atoms with Crippen molar-refractivity contribution in [3.63, 3.8) is 0 Å². The first kappa shape index (κ1) is 18.0. The molecule has 23 heavy (non-hydrogen) atoms. The molecule has 0 atom stereocenters. The SMILES string of the molecule is CS(=O)(=O)NC1CCN(Cc2ccc(OC(F)(F)F)cc2)CC1. The fourth-order valence-electron chi connectivity index (χ4n) is 2.57. The Morgan fingerprint density at radius 1 is 1.22 bits per heavy atom. The lowest BCUT2D eigenvalue weighted by Crippen LogP contribution is -2.43. The summed E-state index contributed by atoms with van der Waals surface area (Å²) in [6.45, 7) is 2.07. The molecular weight excluding hydrogens is 333 g/mol. The van der Waals surface area contributed by atoms with Crippen LogP contribution in [0, 0.1) is 0 Å². The van der Waals surface area contributed by atoms with E-state index in [0.717, 1.165) is 24.9 Å². The maximum absolute atomic E-state index is 12.1. The van der Waals surface area contributed by atoms with Gasteiger partial charge in [0.15, 0.2) is 0 Å². The summed E-state index contributed by atoms with van der Waals surface area (Å²) < 4.78 is 65.1. The smallest absolute Gasteiger partial charge is 0.406 e. The zero-order valence-corrected chi connectivity index (χ0v) is 13.5. The van der Waals surface area contributed by atoms with Crippen LogP contribution in [0.15, 0.2) is 24.3 Å². The monoisotopic (exact) mass is 352 g/mol. The van der Waals surface area contributed by atoms with Crippen LogP contribution >= 0.6 is 0 Å². The zero-order chi connectivity index (χ0) is 17.1. The molecule has 1 aromatic carbocycles. The Balaban J connectivity index is 1.82. The second-order valence-corrected chi connectivity index (χ2v) is 7.41. The number of nitrogens with zero attached hydrogens (tertiary/aromatic N) is 1. The summed E-state index contributed by atoms with van der Waals surface area (Å²) in [7, 11) is -3.19. The van der Waals surface area contributed by atoms with Gasteiger partial charge in [0.2, 0.25) is 10.0 Å². The summed E-state index contributed by atoms with van der Waals surface area (Å²) in [6.07, 6.45) is -2.12. The lowest BCUT2D eigenvalue weighted by Gasteiger charge is -2.31. The standard InChI is InChI=1S/C14H19F3N2O3S/c1-23(20,21)18-12-6-8-19(9-7-12)10-11-2-4-13(5-3-11)22-14(15,16)17/h2-5,12,18H,6-10H2,1H3. The van der Waals surface area contributed by atoms with Gasteiger partial charge in [0.25, 0.3) is 0 Å². The Labute approximate surface area is 133 Å². The van der Waals surface area contributed by atoms with Crippen molar-refractivity contribution < 1.29 is 26.3 Å². The number of rotatable bonds is 5. The molecule has 1 aliphatic rings. The molecule has 0 aliphatic carbocycles. The van der Waals surface area contributed by atoms with Crippen molar-refractivity contribution >= 4 is 10.0 Å². The molecule has 0 spiro atoms. The number of hydrogen-bond donors (Lipinski definition) is 1. The molecule has 5 nitrogen and oxygen atoms in total. The van der Waals surface area contributed by atoms with Gasteiger partial charge in [-0.25, -0.2) is 13.1 Å². The van der Waals surface area contributed by atoms with E-state index >= 15 is 0 Å². The fourth-order valence-corrected chi connectivity index (χ4v) is 3.41. The van der Waals surface area contributed by atoms with E-state index in [1.165, 1.54) is 12.1 Å². The number of ether oxygens (including phenoxy) is 1. The van der Waals surface area contributed by atoms with E-state index in [2.05, 4.69) is 14.4 Å². The van der Waals surface area contributed by atoms with E-state index in [4.69, 9.17) is 0 Å². The van der Waals surface area contributed by atoms with Crippen LogP contribution in [0.2, 0.25) is 0 Å². The first-order valence-corrected chi connectivity index (χ1v) is 9.04. The van der Waals surface area contributed by atoms with E-state index in [0.29, 0.717) is 19.4 Å². The van der Waals surface area contributed by atoms with Gasteiger partial charge in [-0.2, -0.15) is 0 Å². The van der Waals surface area contributed by atoms with Crippen molar-refractivity contribution in [3.05, 3.63) is 29.8 Å². The van der Waals surface area contributed by atoms with Gasteiger partial charge in [0.1, 0.15) is 5.75 Å². The quantitative estimate of drug-likeness (QED) is 0.882. The van der Waals surface area contributed by atoms with Crippen LogP contribution < -0.4 is 9.46 Å². The number of benzene rings is 1. The Bertz CT molecular complexity index is 609. The van der Waals surface area contributed by atoms with Gasteiger partial charge in [-0.05, 0) is 30.5 Å². The third kappa shape index (κ3) is 6.76. The largest absolute Gasteiger partial charge is 0.573 e. The summed E-state index contributed by atoms with van der Waals surface area (Å²) in [5.74, 6) is -0.239. The lowest BCUT2D eigenvalue weighted by molar-refractivity contribution is -0.274. The molecule has 1 aromatic rings. The first-order chi connectivity index (χ1) is 10.6. The van der Waals surface area contributed by atoms with Gasteiger partial charge in [-0.1, -0.05) is 12.1 Å². The average molecular weight is 352 g/mol. The lowest BCUT2D eigenvalue weighted by atomic mass is 10.1. The minimum atomic E-state index is -4.68. The van der Waals surface area contributed by atoms with Crippen LogP contribution in [0.4, 0.5) is 13.2 Å². The molecule has 1 heterocycles. The van der Waals surface area contributed by atoms with Gasteiger partial charge in [0.05, 0.1) is 6.26 Å². The number of likely N-dealkylation sites (tertiary alicyclic amines) is 1. The van der Waals surface area contributed by atoms with E-state index in [1.807, 2.05) is 0 Å². The zero-order valence-electron chi connectivity index (χ0n) is 12.6. The Morgan fingerprint density at radius 2 is 1.78 bits per heavy atom. The number of halogens is 3. The van der Waals surface area contributed by atoms with Gasteiger partial charge >= 0.3 is 6.36 Å². The number of nitrogens with one attached hydrogen (secondary N) is 1. The van der Waals surface area contributed by atoms with Crippen molar-refractivity contribution in [1.82, 2.24) is 9.62 Å². The topological polar surface area (TPSA) is 58.6 Å². The molecule has 1 N–H and O–H groups in total. The number of sulfonamides is 1. The number of hydrogen-bond acceptors (Lipinski definition) is 4. The van der Waals surface area contributed by atoms with E-state index in [1.54, 1.807) is 12.1 Å². The Hall–Kier alpha value is -1.32. The predicted molar refractivity (Wildman–Crippen MR) is 79.4 cm³/mol. The minimum absolute atomic E-state index is 0.0520. The van der Waals surface area contributed by atoms with Crippen LogP contribution in [0.25, 0.3) is 0 Å². The molecule has 0 aromatic heterocycles. The first-order valence-electron chi connectivity index (χ1n) is 7.15. The molecule has 130 valence electrons. The highest BCUT2D eigenvalue weighted by atomic mass is 32.2. The molecule has 0 amide bonds. The summed E-state index contributed by atoms with van der Waals surface area (Å²) >= 11 is 0. The van der Waals surface area contributed by atoms with Crippen LogP contribution in [-0.4, -0.2) is 45.1 Å². The highest BCUT2D eigenvalue weighted by molar-refractivity contribution is 7.88. The molecule has 0 saturated carbocycles. The van der Waals surface area contributed by atoms with Gasteiger partial charge in [0, 0.05) is 25.7 Å². The summed E-state index contributed by atoms with van der Waals surface area (Å²) in [6, 6.07) is 5.73. The maximum atomic E-state index is 12.1. The van der Waals surface area contributed by atoms with Crippen LogP contribution in [0.3, 0.4) is 0 Å². The average Bonchev–Trinajstić information content (AvgIpc) is 2.40. The predicted octanol–water partition coefficient (Wildman–Crippen LogP) is 2.10. The Morgan fingerprint density at radius 3 is 2.26 bits per heavy atom. The van der Waals surface area contributed by atoms with Crippen LogP contribution in [0.1, 0.15) is 18.4 Å². The molecule has 1 aliphatic heterocycles. The van der Waals surface area contributed by atoms with E-state index < -0.39 is 16.4 Å². The second kappa shape index (κ2) is 7.06. The minimum Gasteiger partial charge on any atom is -0.406 e. The molecule has 0 radical (unpaired) electrons. The third-order valence-electron chi connectivity index (χ3n) is 3.53. The summed E-state index contributed by atoms with van der Waals surface area (Å²) in [5, 5.41) is 0. The van der Waals surface area contributed by atoms with Crippen molar-refractivity contribution in [2.75, 3.05) is 19.3 Å². The molecular formula is C14H19F3N2O3S. The van der Waals surface area contributed by atoms with E-state index in [9.17, 15) is 21.6 Å². The third-order valence-corrected chi connectivity index (χ3v) is 4.29. The highest BCUT2D eigenvalue weighted by Crippen LogP contribution is 2.23. The van der Waals surface area contributed by atoms with Gasteiger partial charge in [-0.15, -0.1) is 13.2 Å². The number of alkyl halides is 3. The van der Waals surface area contributed by atoms with E-state index in [-0.39, 0.29) is 11.8 Å². The molecule has 0 bridgehead atoms. The van der Waals surface area contributed by atoms with Crippen LogP contribution in [0.5, 0.6) is 5.75 Å². The molecule has 1 fully saturated rings. The van der Waals surface area contributed by atoms with Gasteiger partial charge in [-0.3, -0.25) is 4.90 Å². The normalized spacial score (nSPS) is 18.1. The Kier molecular flexibility index (Phi) is 5.53. The second-order valence-electron chi connectivity index (χ2n) is 5.63. The fraction of sp³-hybridized carbons (Fsp3) is 0.571. The number of piperidine rings is 1.